The predicted octanol–water partition coefficient (Wildman–Crippen LogP) is 5.62. The maximum Gasteiger partial charge on any atom is 0.426 e. The minimum Gasteiger partial charge on any atom is -0.443 e. The molecule has 0 aromatic heterocycles. The molecular formula is C24H23ClF6N4O6. The summed E-state index contributed by atoms with van der Waals surface area (Å²) in [4.78, 5) is 49.7. The van der Waals surface area contributed by atoms with Crippen molar-refractivity contribution in [2.45, 2.75) is 38.7 Å². The Morgan fingerprint density at radius 1 is 0.902 bits per heavy atom. The summed E-state index contributed by atoms with van der Waals surface area (Å²) in [5, 5.41) is 1.75. The van der Waals surface area contributed by atoms with Crippen LogP contribution in [0, 0.1) is 0 Å². The molecule has 4 amide bonds. The molecule has 0 aliphatic heterocycles. The Morgan fingerprint density at radius 2 is 1.54 bits per heavy atom. The van der Waals surface area contributed by atoms with Gasteiger partial charge in [-0.2, -0.15) is 26.3 Å². The van der Waals surface area contributed by atoms with Gasteiger partial charge in [-0.05, 0) is 57.2 Å². The highest BCUT2D eigenvalue weighted by Gasteiger charge is 2.38. The van der Waals surface area contributed by atoms with Gasteiger partial charge in [-0.3, -0.25) is 15.0 Å². The molecule has 0 radical (unpaired) electrons. The van der Waals surface area contributed by atoms with Gasteiger partial charge >= 0.3 is 24.5 Å². The summed E-state index contributed by atoms with van der Waals surface area (Å²) < 4.78 is 89.3. The quantitative estimate of drug-likeness (QED) is 0.297. The molecule has 0 atom stereocenters. The zero-order chi connectivity index (χ0) is 31.3. The summed E-state index contributed by atoms with van der Waals surface area (Å²) in [6.45, 7) is 4.09. The number of rotatable bonds is 5. The third kappa shape index (κ3) is 10.0. The average molecular weight is 613 g/mol. The van der Waals surface area contributed by atoms with Crippen molar-refractivity contribution in [1.82, 2.24) is 15.8 Å². The second-order valence-electron chi connectivity index (χ2n) is 9.25. The Morgan fingerprint density at radius 3 is 2.10 bits per heavy atom. The number of hydrogen-bond acceptors (Lipinski definition) is 6. The normalized spacial score (nSPS) is 11.8. The second kappa shape index (κ2) is 12.5. The summed E-state index contributed by atoms with van der Waals surface area (Å²) in [6.07, 6.45) is -12.5. The standard InChI is InChI=1S/C24H23ClF6N4O6/c1-22(2,3)41-20(38)34-33-18(36)11-35(4)21(39)40-17-8-6-13(25)10-14(17)19(37)32-16-7-5-12(23(26,27)28)9-15(16)24(29,30)31/h5-10H,11H2,1-4H3,(H,32,37)(H,33,36)(H,34,38). The highest BCUT2D eigenvalue weighted by atomic mass is 35.5. The first kappa shape index (κ1) is 33.0. The first-order valence-electron chi connectivity index (χ1n) is 11.3. The van der Waals surface area contributed by atoms with E-state index in [0.29, 0.717) is 12.1 Å². The predicted molar refractivity (Wildman–Crippen MR) is 132 cm³/mol. The highest BCUT2D eigenvalue weighted by Crippen LogP contribution is 2.39. The van der Waals surface area contributed by atoms with Gasteiger partial charge in [0, 0.05) is 12.1 Å². The van der Waals surface area contributed by atoms with Crippen molar-refractivity contribution in [3.63, 3.8) is 0 Å². The van der Waals surface area contributed by atoms with Crippen molar-refractivity contribution in [1.29, 1.82) is 0 Å². The van der Waals surface area contributed by atoms with Gasteiger partial charge in [-0.1, -0.05) is 11.6 Å². The summed E-state index contributed by atoms with van der Waals surface area (Å²) in [6, 6.07) is 3.77. The molecule has 0 bridgehead atoms. The largest absolute Gasteiger partial charge is 0.443 e. The van der Waals surface area contributed by atoms with Gasteiger partial charge in [0.15, 0.2) is 0 Å². The lowest BCUT2D eigenvalue weighted by atomic mass is 10.1. The monoisotopic (exact) mass is 612 g/mol. The maximum absolute atomic E-state index is 13.5. The van der Waals surface area contributed by atoms with Crippen molar-refractivity contribution in [3.8, 4) is 5.75 Å². The lowest BCUT2D eigenvalue weighted by Crippen LogP contribution is -2.48. The van der Waals surface area contributed by atoms with E-state index in [4.69, 9.17) is 21.1 Å². The minimum atomic E-state index is -5.27. The van der Waals surface area contributed by atoms with E-state index in [-0.39, 0.29) is 11.1 Å². The molecular weight excluding hydrogens is 590 g/mol. The molecule has 41 heavy (non-hydrogen) atoms. The van der Waals surface area contributed by atoms with Crippen LogP contribution in [0.5, 0.6) is 5.75 Å². The number of carbonyl (C=O) groups excluding carboxylic acids is 4. The Bertz CT molecular complexity index is 1330. The second-order valence-corrected chi connectivity index (χ2v) is 9.69. The number of benzene rings is 2. The fraction of sp³-hybridized carbons (Fsp3) is 0.333. The number of likely N-dealkylation sites (N-methyl/N-ethyl adjacent to an activating group) is 1. The van der Waals surface area contributed by atoms with Crippen LogP contribution in [-0.2, 0) is 21.9 Å². The summed E-state index contributed by atoms with van der Waals surface area (Å²) in [7, 11) is 1.11. The van der Waals surface area contributed by atoms with Gasteiger partial charge < -0.3 is 19.7 Å². The SMILES string of the molecule is CN(CC(=O)NNC(=O)OC(C)(C)C)C(=O)Oc1ccc(Cl)cc1C(=O)Nc1ccc(C(F)(F)F)cc1C(F)(F)F. The zero-order valence-electron chi connectivity index (χ0n) is 21.7. The number of halogens is 7. The molecule has 17 heteroatoms. The highest BCUT2D eigenvalue weighted by molar-refractivity contribution is 6.31. The molecule has 0 saturated carbocycles. The van der Waals surface area contributed by atoms with E-state index in [1.54, 1.807) is 20.8 Å². The van der Waals surface area contributed by atoms with Crippen molar-refractivity contribution in [2.75, 3.05) is 18.9 Å². The van der Waals surface area contributed by atoms with Crippen molar-refractivity contribution in [2.24, 2.45) is 0 Å². The van der Waals surface area contributed by atoms with E-state index >= 15 is 0 Å². The van der Waals surface area contributed by atoms with E-state index < -0.39 is 76.6 Å². The maximum atomic E-state index is 13.5. The third-order valence-corrected chi connectivity index (χ3v) is 4.91. The van der Waals surface area contributed by atoms with Gasteiger partial charge in [0.05, 0.1) is 22.4 Å². The van der Waals surface area contributed by atoms with E-state index in [9.17, 15) is 45.5 Å². The smallest absolute Gasteiger partial charge is 0.426 e. The number of hydrazine groups is 1. The molecule has 0 heterocycles. The molecule has 2 aromatic carbocycles. The first-order chi connectivity index (χ1) is 18.7. The number of amides is 4. The van der Waals surface area contributed by atoms with E-state index in [1.807, 2.05) is 16.2 Å². The van der Waals surface area contributed by atoms with Crippen molar-refractivity contribution in [3.05, 3.63) is 58.1 Å². The zero-order valence-corrected chi connectivity index (χ0v) is 22.5. The fourth-order valence-corrected chi connectivity index (χ4v) is 3.11. The lowest BCUT2D eigenvalue weighted by molar-refractivity contribution is -0.142. The molecule has 10 nitrogen and oxygen atoms in total. The molecule has 0 spiro atoms. The van der Waals surface area contributed by atoms with Crippen LogP contribution in [-0.4, -0.2) is 48.1 Å². The Hall–Kier alpha value is -4.21. The van der Waals surface area contributed by atoms with Crippen LogP contribution in [0.3, 0.4) is 0 Å². The van der Waals surface area contributed by atoms with Gasteiger partial charge in [0.25, 0.3) is 11.8 Å². The van der Waals surface area contributed by atoms with E-state index in [2.05, 4.69) is 0 Å². The molecule has 2 rings (SSSR count). The average Bonchev–Trinajstić information content (AvgIpc) is 2.81. The van der Waals surface area contributed by atoms with Crippen LogP contribution in [0.2, 0.25) is 5.02 Å². The molecule has 0 unspecified atom stereocenters. The van der Waals surface area contributed by atoms with Gasteiger partial charge in [-0.25, -0.2) is 15.0 Å². The molecule has 0 aliphatic rings. The summed E-state index contributed by atoms with van der Waals surface area (Å²) in [5.41, 5.74) is -1.81. The van der Waals surface area contributed by atoms with Crippen LogP contribution in [0.15, 0.2) is 36.4 Å². The Kier molecular flexibility index (Phi) is 10.1. The minimum absolute atomic E-state index is 0.0978. The Labute approximate surface area is 233 Å². The van der Waals surface area contributed by atoms with Crippen LogP contribution in [0.4, 0.5) is 41.6 Å². The molecule has 224 valence electrons. The number of ether oxygens (including phenoxy) is 2. The molecule has 0 aliphatic carbocycles. The van der Waals surface area contributed by atoms with Gasteiger partial charge in [-0.15, -0.1) is 0 Å². The van der Waals surface area contributed by atoms with Crippen LogP contribution < -0.4 is 20.9 Å². The first-order valence-corrected chi connectivity index (χ1v) is 11.7. The number of hydrogen-bond donors (Lipinski definition) is 3. The number of alkyl halides is 6. The topological polar surface area (TPSA) is 126 Å². The number of carbonyl (C=O) groups is 4. The van der Waals surface area contributed by atoms with Crippen molar-refractivity contribution >= 4 is 41.3 Å². The fourth-order valence-electron chi connectivity index (χ4n) is 2.94. The summed E-state index contributed by atoms with van der Waals surface area (Å²) >= 11 is 5.87. The van der Waals surface area contributed by atoms with Crippen LogP contribution >= 0.6 is 11.6 Å². The summed E-state index contributed by atoms with van der Waals surface area (Å²) in [5.74, 6) is -2.69. The van der Waals surface area contributed by atoms with E-state index in [0.717, 1.165) is 24.1 Å². The number of nitrogens with zero attached hydrogens (tertiary/aromatic N) is 1. The van der Waals surface area contributed by atoms with Crippen LogP contribution in [0.1, 0.15) is 42.3 Å². The number of nitrogens with one attached hydrogen (secondary N) is 3. The van der Waals surface area contributed by atoms with E-state index in [1.165, 1.54) is 6.07 Å². The molecule has 3 N–H and O–H groups in total. The molecule has 2 aromatic rings. The lowest BCUT2D eigenvalue weighted by Gasteiger charge is -2.21. The van der Waals surface area contributed by atoms with Crippen molar-refractivity contribution < 1.29 is 55.0 Å². The van der Waals surface area contributed by atoms with Gasteiger partial charge in [0.1, 0.15) is 17.9 Å². The van der Waals surface area contributed by atoms with Gasteiger partial charge in [0.2, 0.25) is 0 Å². The molecule has 0 saturated heterocycles. The molecule has 0 fully saturated rings. The van der Waals surface area contributed by atoms with Crippen LogP contribution in [0.25, 0.3) is 0 Å². The third-order valence-electron chi connectivity index (χ3n) is 4.68. The Balaban J connectivity index is 2.18. The number of anilines is 1.